The summed E-state index contributed by atoms with van der Waals surface area (Å²) in [5.74, 6) is 0.824. The fraction of sp³-hybridized carbons (Fsp3) is 0.450. The summed E-state index contributed by atoms with van der Waals surface area (Å²) in [6.07, 6.45) is 2.43. The van der Waals surface area contributed by atoms with Crippen molar-refractivity contribution in [2.45, 2.75) is 48.0 Å². The second kappa shape index (κ2) is 6.14. The second-order valence-electron chi connectivity index (χ2n) is 7.06. The Morgan fingerprint density at radius 1 is 0.760 bits per heavy atom. The van der Waals surface area contributed by atoms with Gasteiger partial charge in [-0.2, -0.15) is 10.2 Å². The van der Waals surface area contributed by atoms with Crippen LogP contribution in [-0.4, -0.2) is 24.5 Å². The van der Waals surface area contributed by atoms with Crippen LogP contribution in [0, 0.1) is 41.5 Å². The minimum absolute atomic E-state index is 0.693. The van der Waals surface area contributed by atoms with E-state index in [0.717, 1.165) is 17.2 Å². The van der Waals surface area contributed by atoms with Gasteiger partial charge in [0.15, 0.2) is 5.82 Å². The first kappa shape index (κ1) is 17.4. The molecule has 3 aromatic rings. The van der Waals surface area contributed by atoms with Gasteiger partial charge in [-0.25, -0.2) is 4.98 Å². The third-order valence-electron chi connectivity index (χ3n) is 5.64. The van der Waals surface area contributed by atoms with Crippen molar-refractivity contribution < 1.29 is 0 Å². The molecule has 0 aliphatic carbocycles. The molecule has 0 aliphatic heterocycles. The largest absolute Gasteiger partial charge is 0.271 e. The molecule has 0 atom stereocenters. The minimum atomic E-state index is 0.693. The zero-order valence-electron chi connectivity index (χ0n) is 16.5. The maximum Gasteiger partial charge on any atom is 0.156 e. The van der Waals surface area contributed by atoms with Crippen molar-refractivity contribution in [3.63, 3.8) is 0 Å². The monoisotopic (exact) mass is 337 g/mol. The molecule has 0 bridgehead atoms. The van der Waals surface area contributed by atoms with Crippen molar-refractivity contribution in [3.05, 3.63) is 51.2 Å². The summed E-state index contributed by atoms with van der Waals surface area (Å²) < 4.78 is 3.72. The van der Waals surface area contributed by atoms with Crippen LogP contribution in [0.2, 0.25) is 0 Å². The number of aromatic nitrogens is 5. The molecule has 5 nitrogen and oxygen atoms in total. The molecule has 0 saturated heterocycles. The lowest BCUT2D eigenvalue weighted by Crippen LogP contribution is -2.02. The van der Waals surface area contributed by atoms with Crippen molar-refractivity contribution in [1.82, 2.24) is 24.5 Å². The molecule has 0 saturated carbocycles. The first-order chi connectivity index (χ1) is 11.7. The minimum Gasteiger partial charge on any atom is -0.271 e. The van der Waals surface area contributed by atoms with Gasteiger partial charge in [0, 0.05) is 25.4 Å². The molecular formula is C20H27N5. The number of benzene rings is 1. The highest BCUT2D eigenvalue weighted by Crippen LogP contribution is 2.35. The summed E-state index contributed by atoms with van der Waals surface area (Å²) >= 11 is 0. The van der Waals surface area contributed by atoms with Gasteiger partial charge in [-0.15, -0.1) is 0 Å². The third kappa shape index (κ3) is 2.77. The van der Waals surface area contributed by atoms with E-state index in [1.807, 2.05) is 18.8 Å². The van der Waals surface area contributed by atoms with Gasteiger partial charge in [0.2, 0.25) is 0 Å². The zero-order valence-corrected chi connectivity index (χ0v) is 16.5. The molecule has 25 heavy (non-hydrogen) atoms. The van der Waals surface area contributed by atoms with E-state index in [1.165, 1.54) is 38.9 Å². The Balaban J connectivity index is 2.16. The molecule has 0 fully saturated rings. The quantitative estimate of drug-likeness (QED) is 0.733. The molecule has 1 aromatic carbocycles. The summed E-state index contributed by atoms with van der Waals surface area (Å²) in [6, 6.07) is 0. The maximum atomic E-state index is 4.87. The number of rotatable bonds is 3. The summed E-state index contributed by atoms with van der Waals surface area (Å²) in [7, 11) is 3.90. The first-order valence-corrected chi connectivity index (χ1v) is 8.66. The molecule has 0 unspecified atom stereocenters. The zero-order chi connectivity index (χ0) is 18.5. The molecule has 2 heterocycles. The van der Waals surface area contributed by atoms with Crippen LogP contribution in [0.5, 0.6) is 0 Å². The van der Waals surface area contributed by atoms with Crippen LogP contribution in [-0.2, 0) is 20.5 Å². The van der Waals surface area contributed by atoms with E-state index < -0.39 is 0 Å². The van der Waals surface area contributed by atoms with Crippen molar-refractivity contribution in [1.29, 1.82) is 0 Å². The Labute approximate surface area is 149 Å². The molecule has 0 amide bonds. The van der Waals surface area contributed by atoms with Crippen LogP contribution >= 0.6 is 0 Å². The molecule has 0 aliphatic rings. The molecule has 0 spiro atoms. The predicted molar refractivity (Wildman–Crippen MR) is 101 cm³/mol. The SMILES string of the molecule is Cc1c(C)c(C)c(-c2nn(C)c(Cc3ncn(C)n3)c2C)c(C)c1C. The van der Waals surface area contributed by atoms with Gasteiger partial charge in [-0.3, -0.25) is 9.36 Å². The molecule has 0 radical (unpaired) electrons. The van der Waals surface area contributed by atoms with E-state index in [-0.39, 0.29) is 0 Å². The van der Waals surface area contributed by atoms with Gasteiger partial charge >= 0.3 is 0 Å². The normalized spacial score (nSPS) is 11.4. The maximum absolute atomic E-state index is 4.87. The second-order valence-corrected chi connectivity index (χ2v) is 7.06. The van der Waals surface area contributed by atoms with Gasteiger partial charge < -0.3 is 0 Å². The van der Waals surface area contributed by atoms with E-state index in [4.69, 9.17) is 5.10 Å². The number of hydrogen-bond acceptors (Lipinski definition) is 3. The molecule has 132 valence electrons. The number of hydrogen-bond donors (Lipinski definition) is 0. The lowest BCUT2D eigenvalue weighted by molar-refractivity contribution is 0.703. The van der Waals surface area contributed by atoms with Crippen molar-refractivity contribution >= 4 is 0 Å². The van der Waals surface area contributed by atoms with E-state index in [1.54, 1.807) is 11.0 Å². The van der Waals surface area contributed by atoms with Crippen LogP contribution in [0.4, 0.5) is 0 Å². The summed E-state index contributed by atoms with van der Waals surface area (Å²) in [5.41, 5.74) is 11.5. The van der Waals surface area contributed by atoms with Gasteiger partial charge in [0.05, 0.1) is 12.1 Å². The van der Waals surface area contributed by atoms with E-state index in [2.05, 4.69) is 51.6 Å². The highest BCUT2D eigenvalue weighted by Gasteiger charge is 2.21. The Hall–Kier alpha value is -2.43. The van der Waals surface area contributed by atoms with Crippen LogP contribution in [0.15, 0.2) is 6.33 Å². The standard InChI is InChI=1S/C20H27N5/c1-11-12(2)14(4)19(15(5)13(11)3)20-16(6)17(25(8)23-20)9-18-21-10-24(7)22-18/h10H,9H2,1-8H3. The first-order valence-electron chi connectivity index (χ1n) is 8.66. The molecule has 2 aromatic heterocycles. The van der Waals surface area contributed by atoms with Gasteiger partial charge in [0.25, 0.3) is 0 Å². The predicted octanol–water partition coefficient (Wildman–Crippen LogP) is 3.66. The van der Waals surface area contributed by atoms with Crippen LogP contribution < -0.4 is 0 Å². The molecule has 0 N–H and O–H groups in total. The summed E-state index contributed by atoms with van der Waals surface area (Å²) in [6.45, 7) is 13.2. The highest BCUT2D eigenvalue weighted by molar-refractivity contribution is 5.74. The van der Waals surface area contributed by atoms with Crippen LogP contribution in [0.25, 0.3) is 11.3 Å². The fourth-order valence-corrected chi connectivity index (χ4v) is 3.62. The Morgan fingerprint density at radius 2 is 1.32 bits per heavy atom. The van der Waals surface area contributed by atoms with Crippen molar-refractivity contribution in [2.24, 2.45) is 14.1 Å². The average molecular weight is 337 g/mol. The smallest absolute Gasteiger partial charge is 0.156 e. The molecular weight excluding hydrogens is 310 g/mol. The van der Waals surface area contributed by atoms with Gasteiger partial charge in [-0.1, -0.05) is 0 Å². The van der Waals surface area contributed by atoms with Gasteiger partial charge in [-0.05, 0) is 74.9 Å². The van der Waals surface area contributed by atoms with Crippen molar-refractivity contribution in [2.75, 3.05) is 0 Å². The van der Waals surface area contributed by atoms with Crippen LogP contribution in [0.1, 0.15) is 44.9 Å². The van der Waals surface area contributed by atoms with Crippen LogP contribution in [0.3, 0.4) is 0 Å². The van der Waals surface area contributed by atoms with E-state index in [9.17, 15) is 0 Å². The lowest BCUT2D eigenvalue weighted by Gasteiger charge is -2.18. The molecule has 3 rings (SSSR count). The Morgan fingerprint density at radius 3 is 1.84 bits per heavy atom. The Kier molecular flexibility index (Phi) is 4.27. The highest BCUT2D eigenvalue weighted by atomic mass is 15.3. The average Bonchev–Trinajstić information content (AvgIpc) is 3.10. The summed E-state index contributed by atoms with van der Waals surface area (Å²) in [5, 5.41) is 9.28. The van der Waals surface area contributed by atoms with E-state index in [0.29, 0.717) is 6.42 Å². The fourth-order valence-electron chi connectivity index (χ4n) is 3.62. The lowest BCUT2D eigenvalue weighted by atomic mass is 9.87. The van der Waals surface area contributed by atoms with E-state index >= 15 is 0 Å². The number of aryl methyl sites for hydroxylation is 2. The summed E-state index contributed by atoms with van der Waals surface area (Å²) in [4.78, 5) is 4.36. The van der Waals surface area contributed by atoms with Crippen molar-refractivity contribution in [3.8, 4) is 11.3 Å². The number of nitrogens with zero attached hydrogens (tertiary/aromatic N) is 5. The topological polar surface area (TPSA) is 48.5 Å². The Bertz CT molecular complexity index is 930. The van der Waals surface area contributed by atoms with Gasteiger partial charge in [0.1, 0.15) is 6.33 Å². The molecule has 5 heteroatoms. The third-order valence-corrected chi connectivity index (χ3v) is 5.64.